The Hall–Kier alpha value is -6.18. The average molecular weight is 966 g/mol. The summed E-state index contributed by atoms with van der Waals surface area (Å²) in [5.41, 5.74) is 0.989. The number of aromatic amines is 1. The van der Waals surface area contributed by atoms with Crippen LogP contribution in [0.2, 0.25) is 0 Å². The van der Waals surface area contributed by atoms with Crippen LogP contribution in [0.5, 0.6) is 17.4 Å². The number of sulfonamides is 1. The molecule has 1 saturated carbocycles. The standard InChI is InChI=1S/C50H60FN9O8S/c1-33(2)38-8-5-6-9-39(38)41-10-7-21-59(41)35-28-49(29-35)16-22-57(23-17-49)44-14-12-40(48(54-44)68-36-26-34-15-20-52-46(34)53-30-36)47(62)55-69(65,66)37-11-13-43(42(27-37)60(63)64)67-32-50(51)18-24-58(25-19-50)45(61)31-56(3)4/h5-6,8-9,11-15,20,26-27,30,33,35,41H,7,10,16-19,21-25,28-29,31-32H2,1-4H3,(H,52,53)(H,55,62). The molecule has 4 fully saturated rings. The van der Waals surface area contributed by atoms with Crippen LogP contribution in [0.4, 0.5) is 15.9 Å². The average Bonchev–Trinajstić information content (AvgIpc) is 4.00. The molecule has 1 spiro atoms. The molecular weight excluding hydrogens is 906 g/mol. The molecule has 69 heavy (non-hydrogen) atoms. The van der Waals surface area contributed by atoms with Gasteiger partial charge >= 0.3 is 5.69 Å². The van der Waals surface area contributed by atoms with Gasteiger partial charge in [0.15, 0.2) is 5.75 Å². The molecule has 1 unspecified atom stereocenters. The van der Waals surface area contributed by atoms with Crippen molar-refractivity contribution in [3.05, 3.63) is 106 Å². The predicted octanol–water partition coefficient (Wildman–Crippen LogP) is 7.76. The fourth-order valence-corrected chi connectivity index (χ4v) is 11.7. The normalized spacial score (nSPS) is 19.6. The van der Waals surface area contributed by atoms with Gasteiger partial charge in [-0.1, -0.05) is 38.1 Å². The Kier molecular flexibility index (Phi) is 13.4. The highest BCUT2D eigenvalue weighted by Crippen LogP contribution is 2.54. The van der Waals surface area contributed by atoms with Crippen molar-refractivity contribution < 1.29 is 36.8 Å². The fraction of sp³-hybridized carbons (Fsp3) is 0.480. The van der Waals surface area contributed by atoms with Gasteiger partial charge in [0.25, 0.3) is 15.9 Å². The van der Waals surface area contributed by atoms with E-state index in [1.807, 2.05) is 10.8 Å². The van der Waals surface area contributed by atoms with Crippen LogP contribution in [0.3, 0.4) is 0 Å². The van der Waals surface area contributed by atoms with E-state index in [2.05, 4.69) is 57.9 Å². The number of carbonyl (C=O) groups is 2. The van der Waals surface area contributed by atoms with E-state index in [0.717, 1.165) is 68.9 Å². The lowest BCUT2D eigenvalue weighted by Crippen LogP contribution is -2.55. The summed E-state index contributed by atoms with van der Waals surface area (Å²) in [7, 11) is -1.20. The number of benzene rings is 2. The molecule has 0 radical (unpaired) electrons. The van der Waals surface area contributed by atoms with E-state index in [-0.39, 0.29) is 66.7 Å². The molecule has 2 amide bonds. The number of pyridine rings is 2. The van der Waals surface area contributed by atoms with E-state index in [0.29, 0.717) is 29.5 Å². The number of nitrogens with one attached hydrogen (secondary N) is 2. The Labute approximate surface area is 401 Å². The highest BCUT2D eigenvalue weighted by atomic mass is 32.2. The van der Waals surface area contributed by atoms with Gasteiger partial charge < -0.3 is 29.2 Å². The Bertz CT molecular complexity index is 2830. The van der Waals surface area contributed by atoms with E-state index in [1.165, 1.54) is 36.2 Å². The molecule has 3 aromatic heterocycles. The number of hydrogen-bond donors (Lipinski definition) is 2. The first kappa shape index (κ1) is 47.9. The molecule has 3 saturated heterocycles. The Morgan fingerprint density at radius 2 is 1.75 bits per heavy atom. The molecule has 5 aromatic rings. The van der Waals surface area contributed by atoms with Crippen LogP contribution in [0.1, 0.15) is 98.7 Å². The number of amides is 2. The van der Waals surface area contributed by atoms with Crippen LogP contribution in [0.15, 0.2) is 84.0 Å². The Morgan fingerprint density at radius 3 is 2.48 bits per heavy atom. The van der Waals surface area contributed by atoms with E-state index < -0.39 is 43.7 Å². The van der Waals surface area contributed by atoms with E-state index >= 15 is 4.39 Å². The molecule has 2 aromatic carbocycles. The summed E-state index contributed by atoms with van der Waals surface area (Å²) in [6.45, 7) is 7.12. The zero-order valence-corrected chi connectivity index (χ0v) is 40.3. The molecule has 19 heteroatoms. The zero-order valence-electron chi connectivity index (χ0n) is 39.5. The topological polar surface area (TPSA) is 196 Å². The second-order valence-corrected chi connectivity index (χ2v) is 21.5. The molecule has 2 N–H and O–H groups in total. The number of ether oxygens (including phenoxy) is 2. The van der Waals surface area contributed by atoms with Gasteiger partial charge in [-0.3, -0.25) is 24.6 Å². The van der Waals surface area contributed by atoms with E-state index in [4.69, 9.17) is 14.5 Å². The molecule has 1 aliphatic carbocycles. The molecular formula is C50H60FN9O8S. The SMILES string of the molecule is CC(C)c1ccccc1C1CCCN1C1CC2(CCN(c3ccc(C(=O)NS(=O)(=O)c4ccc(OCC5(F)CCN(C(=O)CN(C)C)CC5)c([N+](=O)[O-])c4)c(Oc4cnc5[nH]ccc5c4)n3)CC2)C1. The fourth-order valence-electron chi connectivity index (χ4n) is 10.7. The highest BCUT2D eigenvalue weighted by molar-refractivity contribution is 7.90. The number of aromatic nitrogens is 3. The summed E-state index contributed by atoms with van der Waals surface area (Å²) in [5.74, 6) is -0.392. The number of likely N-dealkylation sites (tertiary alicyclic amines) is 2. The van der Waals surface area contributed by atoms with Crippen molar-refractivity contribution in [2.24, 2.45) is 5.41 Å². The number of piperidine rings is 2. The predicted molar refractivity (Wildman–Crippen MR) is 258 cm³/mol. The third-order valence-electron chi connectivity index (χ3n) is 14.5. The Balaban J connectivity index is 0.879. The number of likely N-dealkylation sites (N-methyl/N-ethyl adjacent to an activating group) is 1. The highest BCUT2D eigenvalue weighted by Gasteiger charge is 2.50. The van der Waals surface area contributed by atoms with E-state index in [9.17, 15) is 28.1 Å². The molecule has 0 bridgehead atoms. The van der Waals surface area contributed by atoms with Crippen LogP contribution in [-0.2, 0) is 14.8 Å². The van der Waals surface area contributed by atoms with Crippen molar-refractivity contribution in [1.29, 1.82) is 0 Å². The number of H-pyrrole nitrogens is 1. The van der Waals surface area contributed by atoms with Crippen molar-refractivity contribution in [3.63, 3.8) is 0 Å². The largest absolute Gasteiger partial charge is 0.483 e. The first-order valence-electron chi connectivity index (χ1n) is 23.8. The van der Waals surface area contributed by atoms with Crippen LogP contribution in [-0.4, -0.2) is 126 Å². The molecule has 4 aliphatic rings. The van der Waals surface area contributed by atoms with Crippen molar-refractivity contribution in [2.75, 3.05) is 64.9 Å². The summed E-state index contributed by atoms with van der Waals surface area (Å²) in [6.07, 6.45) is 9.80. The van der Waals surface area contributed by atoms with Crippen molar-refractivity contribution >= 4 is 44.4 Å². The number of anilines is 1. The number of carbonyl (C=O) groups excluding carboxylic acids is 2. The summed E-state index contributed by atoms with van der Waals surface area (Å²) < 4.78 is 57.2. The van der Waals surface area contributed by atoms with Gasteiger partial charge in [-0.2, -0.15) is 4.98 Å². The minimum Gasteiger partial charge on any atom is -0.483 e. The number of fused-ring (bicyclic) bond motifs is 1. The minimum absolute atomic E-state index is 0.0368. The maximum atomic E-state index is 15.8. The number of rotatable bonds is 15. The summed E-state index contributed by atoms with van der Waals surface area (Å²) in [4.78, 5) is 57.7. The lowest BCUT2D eigenvalue weighted by molar-refractivity contribution is -0.386. The van der Waals surface area contributed by atoms with Crippen LogP contribution in [0.25, 0.3) is 11.0 Å². The van der Waals surface area contributed by atoms with Crippen LogP contribution >= 0.6 is 0 Å². The molecule has 9 rings (SSSR count). The lowest BCUT2D eigenvalue weighted by atomic mass is 9.60. The second-order valence-electron chi connectivity index (χ2n) is 19.8. The van der Waals surface area contributed by atoms with Gasteiger partial charge in [0.05, 0.1) is 22.6 Å². The van der Waals surface area contributed by atoms with Crippen molar-refractivity contribution in [2.45, 2.75) is 93.8 Å². The number of halogens is 1. The number of alkyl halides is 1. The maximum absolute atomic E-state index is 15.8. The number of hydrogen-bond acceptors (Lipinski definition) is 13. The number of nitrogens with zero attached hydrogens (tertiary/aromatic N) is 7. The summed E-state index contributed by atoms with van der Waals surface area (Å²) in [5, 5.41) is 12.9. The Morgan fingerprint density at radius 1 is 1.00 bits per heavy atom. The van der Waals surface area contributed by atoms with Gasteiger partial charge in [0.1, 0.15) is 35.1 Å². The molecule has 1 atom stereocenters. The van der Waals surface area contributed by atoms with Gasteiger partial charge in [-0.05, 0) is 118 Å². The first-order chi connectivity index (χ1) is 33.0. The third-order valence-corrected chi connectivity index (χ3v) is 15.8. The van der Waals surface area contributed by atoms with E-state index in [1.54, 1.807) is 42.2 Å². The van der Waals surface area contributed by atoms with Gasteiger partial charge in [0.2, 0.25) is 11.8 Å². The maximum Gasteiger partial charge on any atom is 0.312 e. The van der Waals surface area contributed by atoms with Crippen LogP contribution in [0, 0.1) is 15.5 Å². The molecule has 3 aliphatic heterocycles. The molecule has 6 heterocycles. The summed E-state index contributed by atoms with van der Waals surface area (Å²) >= 11 is 0. The zero-order chi connectivity index (χ0) is 48.7. The van der Waals surface area contributed by atoms with Crippen molar-refractivity contribution in [3.8, 4) is 17.4 Å². The quantitative estimate of drug-likeness (QED) is 0.0764. The minimum atomic E-state index is -4.73. The van der Waals surface area contributed by atoms with Gasteiger partial charge in [-0.25, -0.2) is 22.5 Å². The lowest BCUT2D eigenvalue weighted by Gasteiger charge is -2.56. The molecule has 366 valence electrons. The molecule has 17 nitrogen and oxygen atoms in total. The monoisotopic (exact) mass is 965 g/mol. The number of nitro benzene ring substituents is 1. The summed E-state index contributed by atoms with van der Waals surface area (Å²) in [6, 6.07) is 19.5. The van der Waals surface area contributed by atoms with Crippen LogP contribution < -0.4 is 19.1 Å². The smallest absolute Gasteiger partial charge is 0.312 e. The van der Waals surface area contributed by atoms with Gasteiger partial charge in [-0.15, -0.1) is 0 Å². The number of nitro groups is 1. The van der Waals surface area contributed by atoms with Gasteiger partial charge in [0, 0.05) is 68.8 Å². The second kappa shape index (κ2) is 19.3. The van der Waals surface area contributed by atoms with Crippen molar-refractivity contribution in [1.82, 2.24) is 34.4 Å². The third kappa shape index (κ3) is 10.3. The first-order valence-corrected chi connectivity index (χ1v) is 25.3.